The minimum atomic E-state index is -0.267. The average Bonchev–Trinajstić information content (AvgIpc) is 4.00. The van der Waals surface area contributed by atoms with Crippen molar-refractivity contribution in [1.82, 2.24) is 18.7 Å². The topological polar surface area (TPSA) is 71.0 Å². The standard InChI is InChI=1S/C59H46N4O3.Pt/c1-59(2,3)39-27-28-60-56(29-39)63-51-22-11-10-21-44(51)45-26-25-43(33-54(45)63)66-42-20-14-19-40(30-42)61-36-62(53-24-13-12-23-52(53)61)58-46(37-15-6-4-7-16-37)34-48-47-31-41(64)32-49(47)55(65)35-50(48)57(58)38-17-8-5-9-18-38;/h4-30,33-34,47,49H,31-32,35H2,1-3H3;. The number of para-hydroxylation sites is 3. The predicted molar refractivity (Wildman–Crippen MR) is 263 cm³/mol. The molecule has 330 valence electrons. The van der Waals surface area contributed by atoms with Gasteiger partial charge in [-0.2, -0.15) is 0 Å². The number of carbonyl (C=O) groups is 2. The van der Waals surface area contributed by atoms with Crippen molar-refractivity contribution >= 4 is 44.4 Å². The molecule has 0 radical (unpaired) electrons. The Hall–Kier alpha value is -7.21. The van der Waals surface area contributed by atoms with E-state index >= 15 is 0 Å². The second-order valence-electron chi connectivity index (χ2n) is 18.9. The van der Waals surface area contributed by atoms with Crippen LogP contribution in [-0.4, -0.2) is 30.3 Å². The molecule has 12 rings (SSSR count). The number of hydrogen-bond acceptors (Lipinski definition) is 4. The molecule has 3 heterocycles. The van der Waals surface area contributed by atoms with Gasteiger partial charge in [-0.25, -0.2) is 0 Å². The molecule has 3 aromatic heterocycles. The third kappa shape index (κ3) is 6.90. The number of rotatable bonds is 7. The Labute approximate surface area is 399 Å². The number of nitrogens with zero attached hydrogens (tertiary/aromatic N) is 4. The summed E-state index contributed by atoms with van der Waals surface area (Å²) in [5.74, 6) is 2.23. The molecule has 1 saturated carbocycles. The first-order valence-corrected chi connectivity index (χ1v) is 24.1. The number of fused-ring (bicyclic) bond motifs is 7. The molecule has 10 aromatic rings. The molecule has 2 aliphatic carbocycles. The molecule has 0 aliphatic heterocycles. The second-order valence-corrected chi connectivity index (χ2v) is 20.0. The van der Waals surface area contributed by atoms with E-state index in [0.29, 0.717) is 18.6 Å². The van der Waals surface area contributed by atoms with Crippen LogP contribution in [0, 0.1) is 9.72 Å². The van der Waals surface area contributed by atoms with Gasteiger partial charge in [0.05, 0.1) is 0 Å². The summed E-state index contributed by atoms with van der Waals surface area (Å²) in [6.07, 6.45) is 2.92. The van der Waals surface area contributed by atoms with Crippen molar-refractivity contribution in [3.63, 3.8) is 0 Å². The van der Waals surface area contributed by atoms with E-state index in [4.69, 9.17) is 9.72 Å². The van der Waals surface area contributed by atoms with Gasteiger partial charge in [0.1, 0.15) is 0 Å². The molecule has 0 bridgehead atoms. The molecule has 7 nitrogen and oxygen atoms in total. The fourth-order valence-corrected chi connectivity index (χ4v) is 11.8. The van der Waals surface area contributed by atoms with Gasteiger partial charge >= 0.3 is 345 Å². The van der Waals surface area contributed by atoms with Crippen LogP contribution in [0.2, 0.25) is 0 Å². The number of ketones is 2. The van der Waals surface area contributed by atoms with Gasteiger partial charge in [-0.1, -0.05) is 32.9 Å². The van der Waals surface area contributed by atoms with Crippen LogP contribution in [0.15, 0.2) is 176 Å². The zero-order valence-corrected chi connectivity index (χ0v) is 39.6. The molecule has 67 heavy (non-hydrogen) atoms. The molecule has 0 N–H and O–H groups in total. The van der Waals surface area contributed by atoms with Crippen molar-refractivity contribution in [3.8, 4) is 50.9 Å². The van der Waals surface area contributed by atoms with Gasteiger partial charge in [0.25, 0.3) is 0 Å². The van der Waals surface area contributed by atoms with Gasteiger partial charge in [0.15, 0.2) is 0 Å². The van der Waals surface area contributed by atoms with Crippen molar-refractivity contribution in [3.05, 3.63) is 197 Å². The summed E-state index contributed by atoms with van der Waals surface area (Å²) in [5, 5.41) is 2.29. The third-order valence-corrected chi connectivity index (χ3v) is 14.9. The maximum absolute atomic E-state index is 14.1. The van der Waals surface area contributed by atoms with E-state index in [-0.39, 0.29) is 35.2 Å². The number of benzene rings is 7. The number of hydrogen-bond donors (Lipinski definition) is 0. The third-order valence-electron chi connectivity index (χ3n) is 13.9. The SMILES string of the molecule is CC(C)(C)c1ccnc(-n2c3ccccc3c3ccc(Oc4cccc(-n5[c](=[Pt])n(-c6c(-c7ccccc7)cc7c(c6-c6ccccc6)CC(=O)C6CC(=O)CC76)c6ccccc65)c4)cc32)c1. The summed E-state index contributed by atoms with van der Waals surface area (Å²) >= 11 is 2.47. The zero-order valence-electron chi connectivity index (χ0n) is 37.3. The summed E-state index contributed by atoms with van der Waals surface area (Å²) in [4.78, 5) is 32.0. The Morgan fingerprint density at radius 1 is 0.597 bits per heavy atom. The summed E-state index contributed by atoms with van der Waals surface area (Å²) in [5.41, 5.74) is 13.6. The monoisotopic (exact) mass is 1050 g/mol. The average molecular weight is 1050 g/mol. The fraction of sp³-hybridized carbons (Fsp3) is 0.153. The Balaban J connectivity index is 1.03. The molecular formula is C59H46N4O3Pt. The Morgan fingerprint density at radius 3 is 2.01 bits per heavy atom. The van der Waals surface area contributed by atoms with Crippen LogP contribution >= 0.6 is 0 Å². The van der Waals surface area contributed by atoms with Crippen LogP contribution in [0.4, 0.5) is 0 Å². The van der Waals surface area contributed by atoms with E-state index in [1.165, 1.54) is 5.56 Å². The fourth-order valence-electron chi connectivity index (χ4n) is 10.7. The van der Waals surface area contributed by atoms with Gasteiger partial charge in [-0.05, 0) is 17.0 Å². The molecule has 2 aliphatic rings. The zero-order chi connectivity index (χ0) is 45.6. The van der Waals surface area contributed by atoms with Crippen LogP contribution in [0.3, 0.4) is 0 Å². The molecular weight excluding hydrogens is 1010 g/mol. The predicted octanol–water partition coefficient (Wildman–Crippen LogP) is 13.6. The van der Waals surface area contributed by atoms with Crippen molar-refractivity contribution < 1.29 is 33.7 Å². The molecule has 7 aromatic carbocycles. The molecule has 8 heteroatoms. The van der Waals surface area contributed by atoms with Crippen LogP contribution in [-0.2, 0) is 40.8 Å². The van der Waals surface area contributed by atoms with Crippen LogP contribution in [0.5, 0.6) is 11.5 Å². The molecule has 2 atom stereocenters. The number of ether oxygens (including phenoxy) is 1. The Bertz CT molecular complexity index is 3710. The Kier molecular flexibility index (Phi) is 9.84. The van der Waals surface area contributed by atoms with E-state index in [1.807, 2.05) is 30.5 Å². The van der Waals surface area contributed by atoms with Gasteiger partial charge in [-0.3, -0.25) is 0 Å². The first-order valence-electron chi connectivity index (χ1n) is 22.9. The van der Waals surface area contributed by atoms with Gasteiger partial charge < -0.3 is 0 Å². The normalized spacial score (nSPS) is 16.0. The van der Waals surface area contributed by atoms with E-state index < -0.39 is 0 Å². The molecule has 0 amide bonds. The van der Waals surface area contributed by atoms with Crippen LogP contribution in [0.25, 0.3) is 72.3 Å². The second kappa shape index (κ2) is 16.0. The number of pyridine rings is 1. The molecule has 0 saturated heterocycles. The van der Waals surface area contributed by atoms with Crippen molar-refractivity contribution in [1.29, 1.82) is 0 Å². The van der Waals surface area contributed by atoms with Crippen molar-refractivity contribution in [2.24, 2.45) is 5.92 Å². The van der Waals surface area contributed by atoms with E-state index in [1.54, 1.807) is 0 Å². The van der Waals surface area contributed by atoms with E-state index in [9.17, 15) is 9.59 Å². The van der Waals surface area contributed by atoms with E-state index in [2.05, 4.69) is 199 Å². The van der Waals surface area contributed by atoms with E-state index in [0.717, 1.165) is 93.0 Å². The van der Waals surface area contributed by atoms with Crippen LogP contribution < -0.4 is 4.74 Å². The summed E-state index contributed by atoms with van der Waals surface area (Å²) in [7, 11) is 0. The van der Waals surface area contributed by atoms with Gasteiger partial charge in [0, 0.05) is 6.20 Å². The van der Waals surface area contributed by atoms with Crippen molar-refractivity contribution in [2.45, 2.75) is 51.4 Å². The first kappa shape index (κ1) is 41.2. The summed E-state index contributed by atoms with van der Waals surface area (Å²) in [6.45, 7) is 6.68. The number of Topliss-reactive ketones (excluding diaryl/α,β-unsaturated/α-hetero) is 2. The van der Waals surface area contributed by atoms with Gasteiger partial charge in [0.2, 0.25) is 0 Å². The molecule has 2 unspecified atom stereocenters. The first-order chi connectivity index (χ1) is 32.6. The van der Waals surface area contributed by atoms with Crippen LogP contribution in [0.1, 0.15) is 56.2 Å². The Morgan fingerprint density at radius 2 is 1.25 bits per heavy atom. The minimum absolute atomic E-state index is 0.0326. The summed E-state index contributed by atoms with van der Waals surface area (Å²) < 4.78 is 14.7. The number of imidazole rings is 1. The summed E-state index contributed by atoms with van der Waals surface area (Å²) in [6, 6.07) is 59.2. The van der Waals surface area contributed by atoms with Gasteiger partial charge in [-0.15, -0.1) is 0 Å². The number of carbonyl (C=O) groups excluding carboxylic acids is 2. The molecule has 1 fully saturated rings. The quantitative estimate of drug-likeness (QED) is 0.159. The maximum atomic E-state index is 14.1. The number of aromatic nitrogens is 4. The van der Waals surface area contributed by atoms with Crippen molar-refractivity contribution in [2.75, 3.05) is 0 Å². The molecule has 0 spiro atoms.